The minimum Gasteiger partial charge on any atom is -0.497 e. The highest BCUT2D eigenvalue weighted by Gasteiger charge is 2.27. The van der Waals surface area contributed by atoms with Crippen LogP contribution in [0.4, 0.5) is 5.69 Å². The van der Waals surface area contributed by atoms with E-state index in [1.54, 1.807) is 48.5 Å². The maximum atomic E-state index is 13.2. The van der Waals surface area contributed by atoms with Gasteiger partial charge in [-0.25, -0.2) is 8.42 Å². The van der Waals surface area contributed by atoms with Crippen LogP contribution in [-0.2, 0) is 14.8 Å². The zero-order valence-corrected chi connectivity index (χ0v) is 16.9. The third-order valence-electron chi connectivity index (χ3n) is 4.26. The Labute approximate surface area is 161 Å². The molecule has 0 heterocycles. The highest BCUT2D eigenvalue weighted by atomic mass is 32.2. The van der Waals surface area contributed by atoms with Crippen molar-refractivity contribution >= 4 is 21.6 Å². The first-order valence-corrected chi connectivity index (χ1v) is 10.2. The molecule has 1 unspecified atom stereocenters. The van der Waals surface area contributed by atoms with E-state index in [1.165, 1.54) is 7.11 Å². The summed E-state index contributed by atoms with van der Waals surface area (Å²) in [6.07, 6.45) is 0.760. The molecule has 0 aromatic heterocycles. The Bertz CT molecular complexity index is 879. The summed E-state index contributed by atoms with van der Waals surface area (Å²) in [6.45, 7) is 5.40. The number of nitrogens with one attached hydrogen (secondary N) is 1. The van der Waals surface area contributed by atoms with Crippen LogP contribution in [0, 0.1) is 6.92 Å². The maximum absolute atomic E-state index is 13.2. The van der Waals surface area contributed by atoms with Crippen molar-refractivity contribution in [1.29, 1.82) is 0 Å². The average Bonchev–Trinajstić information content (AvgIpc) is 2.66. The Morgan fingerprint density at radius 1 is 1.19 bits per heavy atom. The first kappa shape index (κ1) is 20.8. The minimum atomic E-state index is -3.92. The number of anilines is 1. The molecule has 2 rings (SSSR count). The smallest absolute Gasteiger partial charge is 0.264 e. The molecule has 0 aliphatic heterocycles. The van der Waals surface area contributed by atoms with Gasteiger partial charge in [-0.05, 0) is 44.5 Å². The van der Waals surface area contributed by atoms with Crippen LogP contribution < -0.4 is 14.4 Å². The second-order valence-electron chi connectivity index (χ2n) is 6.40. The van der Waals surface area contributed by atoms with E-state index in [9.17, 15) is 13.2 Å². The van der Waals surface area contributed by atoms with Gasteiger partial charge >= 0.3 is 0 Å². The van der Waals surface area contributed by atoms with Crippen LogP contribution in [-0.4, -0.2) is 34.0 Å². The summed E-state index contributed by atoms with van der Waals surface area (Å²) in [5.74, 6) is 0.154. The quantitative estimate of drug-likeness (QED) is 0.751. The highest BCUT2D eigenvalue weighted by molar-refractivity contribution is 7.92. The largest absolute Gasteiger partial charge is 0.497 e. The Morgan fingerprint density at radius 3 is 2.44 bits per heavy atom. The fourth-order valence-electron chi connectivity index (χ4n) is 2.47. The third-order valence-corrected chi connectivity index (χ3v) is 6.05. The van der Waals surface area contributed by atoms with Crippen LogP contribution in [0.25, 0.3) is 0 Å². The molecule has 2 aromatic carbocycles. The van der Waals surface area contributed by atoms with E-state index in [-0.39, 0.29) is 23.4 Å². The molecule has 1 atom stereocenters. The van der Waals surface area contributed by atoms with Crippen LogP contribution >= 0.6 is 0 Å². The predicted octanol–water partition coefficient (Wildman–Crippen LogP) is 3.11. The molecule has 0 saturated heterocycles. The maximum Gasteiger partial charge on any atom is 0.264 e. The molecular formula is C20H26N2O4S. The molecule has 0 aliphatic carbocycles. The van der Waals surface area contributed by atoms with Gasteiger partial charge in [0.25, 0.3) is 10.0 Å². The SMILES string of the molecule is CCC(C)NC(=O)CN(c1cccc(OC)c1)S(=O)(=O)c1ccc(C)cc1. The molecular weight excluding hydrogens is 364 g/mol. The van der Waals surface area contributed by atoms with Gasteiger partial charge in [0.05, 0.1) is 17.7 Å². The van der Waals surface area contributed by atoms with E-state index in [0.29, 0.717) is 11.4 Å². The molecule has 0 aliphatic rings. The van der Waals surface area contributed by atoms with Crippen LogP contribution in [0.1, 0.15) is 25.8 Å². The van der Waals surface area contributed by atoms with E-state index in [4.69, 9.17) is 4.74 Å². The second kappa shape index (κ2) is 8.90. The highest BCUT2D eigenvalue weighted by Crippen LogP contribution is 2.27. The number of hydrogen-bond donors (Lipinski definition) is 1. The molecule has 2 aromatic rings. The lowest BCUT2D eigenvalue weighted by Gasteiger charge is -2.25. The van der Waals surface area contributed by atoms with Crippen molar-refractivity contribution in [2.45, 2.75) is 38.1 Å². The van der Waals surface area contributed by atoms with Crippen LogP contribution in [0.2, 0.25) is 0 Å². The van der Waals surface area contributed by atoms with Crippen molar-refractivity contribution in [3.8, 4) is 5.75 Å². The number of rotatable bonds is 8. The zero-order valence-electron chi connectivity index (χ0n) is 16.1. The first-order valence-electron chi connectivity index (χ1n) is 8.80. The molecule has 146 valence electrons. The Kier molecular flexibility index (Phi) is 6.85. The lowest BCUT2D eigenvalue weighted by molar-refractivity contribution is -0.120. The summed E-state index contributed by atoms with van der Waals surface area (Å²) in [4.78, 5) is 12.6. The van der Waals surface area contributed by atoms with Crippen molar-refractivity contribution in [2.24, 2.45) is 0 Å². The Hall–Kier alpha value is -2.54. The molecule has 6 nitrogen and oxygen atoms in total. The number of carbonyl (C=O) groups is 1. The van der Waals surface area contributed by atoms with E-state index in [0.717, 1.165) is 16.3 Å². The number of hydrogen-bond acceptors (Lipinski definition) is 4. The fraction of sp³-hybridized carbons (Fsp3) is 0.350. The van der Waals surface area contributed by atoms with Crippen molar-refractivity contribution < 1.29 is 17.9 Å². The molecule has 1 N–H and O–H groups in total. The lowest BCUT2D eigenvalue weighted by atomic mass is 10.2. The van der Waals surface area contributed by atoms with Gasteiger partial charge in [0, 0.05) is 12.1 Å². The number of amides is 1. The Balaban J connectivity index is 2.45. The third kappa shape index (κ3) is 5.23. The number of aryl methyl sites for hydroxylation is 1. The molecule has 0 spiro atoms. The molecule has 7 heteroatoms. The van der Waals surface area contributed by atoms with Crippen molar-refractivity contribution in [3.05, 3.63) is 54.1 Å². The van der Waals surface area contributed by atoms with Gasteiger partial charge in [-0.15, -0.1) is 0 Å². The molecule has 27 heavy (non-hydrogen) atoms. The number of methoxy groups -OCH3 is 1. The predicted molar refractivity (Wildman–Crippen MR) is 107 cm³/mol. The van der Waals surface area contributed by atoms with Gasteiger partial charge in [0.2, 0.25) is 5.91 Å². The van der Waals surface area contributed by atoms with Gasteiger partial charge < -0.3 is 10.1 Å². The monoisotopic (exact) mass is 390 g/mol. The number of carbonyl (C=O) groups excluding carboxylic acids is 1. The van der Waals surface area contributed by atoms with Gasteiger partial charge in [-0.2, -0.15) is 0 Å². The summed E-state index contributed by atoms with van der Waals surface area (Å²) in [7, 11) is -2.41. The molecule has 0 radical (unpaired) electrons. The van der Waals surface area contributed by atoms with E-state index >= 15 is 0 Å². The van der Waals surface area contributed by atoms with E-state index in [2.05, 4.69) is 5.32 Å². The first-order chi connectivity index (χ1) is 12.8. The van der Waals surface area contributed by atoms with E-state index in [1.807, 2.05) is 20.8 Å². The summed E-state index contributed by atoms with van der Waals surface area (Å²) in [5.41, 5.74) is 1.32. The molecule has 0 saturated carbocycles. The van der Waals surface area contributed by atoms with Gasteiger partial charge in [-0.1, -0.05) is 30.7 Å². The van der Waals surface area contributed by atoms with Crippen LogP contribution in [0.15, 0.2) is 53.4 Å². The summed E-state index contributed by atoms with van der Waals surface area (Å²) >= 11 is 0. The average molecular weight is 391 g/mol. The van der Waals surface area contributed by atoms with Crippen LogP contribution in [0.3, 0.4) is 0 Å². The summed E-state index contributed by atoms with van der Waals surface area (Å²) in [6, 6.07) is 13.2. The van der Waals surface area contributed by atoms with Crippen LogP contribution in [0.5, 0.6) is 5.75 Å². The number of benzene rings is 2. The Morgan fingerprint density at radius 2 is 1.85 bits per heavy atom. The van der Waals surface area contributed by atoms with Crippen molar-refractivity contribution in [2.75, 3.05) is 18.0 Å². The van der Waals surface area contributed by atoms with Gasteiger partial charge in [0.1, 0.15) is 12.3 Å². The standard InChI is InChI=1S/C20H26N2O4S/c1-5-16(3)21-20(23)14-22(17-7-6-8-18(13-17)26-4)27(24,25)19-11-9-15(2)10-12-19/h6-13,16H,5,14H2,1-4H3,(H,21,23). The normalized spacial score (nSPS) is 12.3. The molecule has 0 bridgehead atoms. The van der Waals surface area contributed by atoms with Crippen molar-refractivity contribution in [3.63, 3.8) is 0 Å². The second-order valence-corrected chi connectivity index (χ2v) is 8.27. The summed E-state index contributed by atoms with van der Waals surface area (Å²) in [5, 5.41) is 2.81. The topological polar surface area (TPSA) is 75.7 Å². The minimum absolute atomic E-state index is 0.0354. The lowest BCUT2D eigenvalue weighted by Crippen LogP contribution is -2.43. The molecule has 0 fully saturated rings. The van der Waals surface area contributed by atoms with Gasteiger partial charge in [-0.3, -0.25) is 9.10 Å². The number of nitrogens with zero attached hydrogens (tertiary/aromatic N) is 1. The molecule has 1 amide bonds. The van der Waals surface area contributed by atoms with Gasteiger partial charge in [0.15, 0.2) is 0 Å². The fourth-order valence-corrected chi connectivity index (χ4v) is 3.88. The number of sulfonamides is 1. The zero-order chi connectivity index (χ0) is 20.0. The van der Waals surface area contributed by atoms with Crippen molar-refractivity contribution in [1.82, 2.24) is 5.32 Å². The van der Waals surface area contributed by atoms with E-state index < -0.39 is 10.0 Å². The summed E-state index contributed by atoms with van der Waals surface area (Å²) < 4.78 is 32.8. The number of ether oxygens (including phenoxy) is 1.